The first-order chi connectivity index (χ1) is 15.3. The average Bonchev–Trinajstić information content (AvgIpc) is 3.23. The van der Waals surface area contributed by atoms with Gasteiger partial charge in [0.2, 0.25) is 0 Å². The van der Waals surface area contributed by atoms with Gasteiger partial charge >= 0.3 is 0 Å². The molecule has 5 rings (SSSR count). The number of hydrogen-bond acceptors (Lipinski definition) is 2. The maximum atomic E-state index is 5.54. The smallest absolute Gasteiger partial charge is 0.145 e. The molecule has 0 fully saturated rings. The first-order valence-electron chi connectivity index (χ1n) is 11.0. The number of rotatable bonds is 3. The highest BCUT2D eigenvalue weighted by Crippen LogP contribution is 2.41. The van der Waals surface area contributed by atoms with Gasteiger partial charge in [-0.05, 0) is 53.1 Å². The van der Waals surface area contributed by atoms with E-state index in [1.165, 1.54) is 21.9 Å². The van der Waals surface area contributed by atoms with Crippen LogP contribution in [0.2, 0.25) is 0 Å². The molecule has 0 aliphatic carbocycles. The summed E-state index contributed by atoms with van der Waals surface area (Å²) < 4.78 is 7.84. The van der Waals surface area contributed by atoms with Gasteiger partial charge in [0, 0.05) is 16.3 Å². The molecule has 0 unspecified atom stereocenters. The molecule has 0 saturated carbocycles. The quantitative estimate of drug-likeness (QED) is 0.280. The van der Waals surface area contributed by atoms with E-state index >= 15 is 0 Å². The van der Waals surface area contributed by atoms with Crippen molar-refractivity contribution in [3.8, 4) is 17.0 Å². The van der Waals surface area contributed by atoms with Crippen LogP contribution in [0.4, 0.5) is 0 Å². The zero-order valence-corrected chi connectivity index (χ0v) is 19.4. The molecule has 2 aromatic heterocycles. The van der Waals surface area contributed by atoms with Crippen molar-refractivity contribution < 1.29 is 4.74 Å². The first-order valence-corrected chi connectivity index (χ1v) is 11.0. The topological polar surface area (TPSA) is 26.5 Å². The van der Waals surface area contributed by atoms with Crippen molar-refractivity contribution in [2.75, 3.05) is 7.11 Å². The number of benzene rings is 3. The van der Waals surface area contributed by atoms with Crippen molar-refractivity contribution in [1.29, 1.82) is 0 Å². The summed E-state index contributed by atoms with van der Waals surface area (Å²) >= 11 is 0. The lowest BCUT2D eigenvalue weighted by Crippen LogP contribution is -2.14. The molecule has 2 heterocycles. The molecule has 0 radical (unpaired) electrons. The molecule has 0 spiro atoms. The van der Waals surface area contributed by atoms with Crippen molar-refractivity contribution >= 4 is 32.9 Å². The third-order valence-electron chi connectivity index (χ3n) is 6.25. The molecular formula is C29H28N2O. The summed E-state index contributed by atoms with van der Waals surface area (Å²) in [6, 6.07) is 21.3. The Morgan fingerprint density at radius 1 is 0.938 bits per heavy atom. The van der Waals surface area contributed by atoms with E-state index in [4.69, 9.17) is 9.72 Å². The van der Waals surface area contributed by atoms with Gasteiger partial charge in [-0.3, -0.25) is 4.40 Å². The lowest BCUT2D eigenvalue weighted by molar-refractivity contribution is 0.415. The van der Waals surface area contributed by atoms with E-state index < -0.39 is 0 Å². The van der Waals surface area contributed by atoms with Crippen molar-refractivity contribution in [2.45, 2.75) is 33.1 Å². The summed E-state index contributed by atoms with van der Waals surface area (Å²) in [5, 5.41) is 3.46. The minimum atomic E-state index is -0.0270. The minimum Gasteiger partial charge on any atom is -0.497 e. The zero-order chi connectivity index (χ0) is 22.6. The van der Waals surface area contributed by atoms with E-state index in [2.05, 4.69) is 93.3 Å². The minimum absolute atomic E-state index is 0.0270. The van der Waals surface area contributed by atoms with E-state index in [1.807, 2.05) is 12.3 Å². The van der Waals surface area contributed by atoms with Crippen LogP contribution in [0.25, 0.3) is 44.2 Å². The second-order valence-corrected chi connectivity index (χ2v) is 9.49. The number of ether oxygens (including phenoxy) is 1. The van der Waals surface area contributed by atoms with Gasteiger partial charge in [0.15, 0.2) is 0 Å². The van der Waals surface area contributed by atoms with Gasteiger partial charge in [-0.2, -0.15) is 0 Å². The standard InChI is InChI=1S/C29H28N2O/c1-18(2)20-11-9-12-24(29(3,4)5)27(20)26-17-30-28-23-16-19(32-6)14-15-21(23)22-10-7-8-13-25(22)31(26)28/h7-17H,1H2,2-6H3. The monoisotopic (exact) mass is 420 g/mol. The molecule has 3 nitrogen and oxygen atoms in total. The third kappa shape index (κ3) is 3.00. The number of hydrogen-bond donors (Lipinski definition) is 0. The maximum Gasteiger partial charge on any atom is 0.145 e. The molecule has 32 heavy (non-hydrogen) atoms. The molecule has 0 bridgehead atoms. The van der Waals surface area contributed by atoms with Crippen molar-refractivity contribution in [1.82, 2.24) is 9.38 Å². The Labute approximate surface area is 189 Å². The van der Waals surface area contributed by atoms with E-state index in [0.29, 0.717) is 0 Å². The summed E-state index contributed by atoms with van der Waals surface area (Å²) in [5.41, 5.74) is 7.84. The average molecular weight is 421 g/mol. The first kappa shape index (κ1) is 20.3. The highest BCUT2D eigenvalue weighted by Gasteiger charge is 2.24. The molecular weight excluding hydrogens is 392 g/mol. The maximum absolute atomic E-state index is 5.54. The second kappa shape index (κ2) is 7.23. The molecule has 0 aliphatic rings. The van der Waals surface area contributed by atoms with Crippen LogP contribution < -0.4 is 4.74 Å². The van der Waals surface area contributed by atoms with Gasteiger partial charge in [-0.25, -0.2) is 4.98 Å². The second-order valence-electron chi connectivity index (χ2n) is 9.49. The predicted molar refractivity (Wildman–Crippen MR) is 136 cm³/mol. The Morgan fingerprint density at radius 2 is 1.72 bits per heavy atom. The Kier molecular flexibility index (Phi) is 4.59. The Bertz CT molecular complexity index is 1520. The van der Waals surface area contributed by atoms with Crippen LogP contribution >= 0.6 is 0 Å². The van der Waals surface area contributed by atoms with Crippen LogP contribution in [0.3, 0.4) is 0 Å². The molecule has 0 amide bonds. The number of para-hydroxylation sites is 1. The number of aromatic nitrogens is 2. The largest absolute Gasteiger partial charge is 0.497 e. The summed E-state index contributed by atoms with van der Waals surface area (Å²) in [7, 11) is 1.70. The summed E-state index contributed by atoms with van der Waals surface area (Å²) in [6.07, 6.45) is 2.01. The number of imidazole rings is 1. The van der Waals surface area contributed by atoms with Crippen LogP contribution in [-0.2, 0) is 5.41 Å². The molecule has 0 atom stereocenters. The van der Waals surface area contributed by atoms with Crippen LogP contribution in [-0.4, -0.2) is 16.5 Å². The zero-order valence-electron chi connectivity index (χ0n) is 19.4. The van der Waals surface area contributed by atoms with E-state index in [1.54, 1.807) is 7.11 Å². The number of fused-ring (bicyclic) bond motifs is 6. The molecule has 3 aromatic carbocycles. The Morgan fingerprint density at radius 3 is 2.44 bits per heavy atom. The van der Waals surface area contributed by atoms with Crippen molar-refractivity contribution in [2.24, 2.45) is 0 Å². The van der Waals surface area contributed by atoms with Gasteiger partial charge in [0.05, 0.1) is 24.5 Å². The lowest BCUT2D eigenvalue weighted by atomic mass is 9.80. The number of allylic oxidation sites excluding steroid dienone is 1. The predicted octanol–water partition coefficient (Wildman–Crippen LogP) is 7.65. The van der Waals surface area contributed by atoms with Crippen LogP contribution in [0.5, 0.6) is 5.75 Å². The van der Waals surface area contributed by atoms with Gasteiger partial charge in [-0.1, -0.05) is 69.3 Å². The number of pyridine rings is 1. The van der Waals surface area contributed by atoms with Gasteiger partial charge < -0.3 is 4.74 Å². The van der Waals surface area contributed by atoms with Crippen molar-refractivity contribution in [3.63, 3.8) is 0 Å². The van der Waals surface area contributed by atoms with Crippen LogP contribution in [0, 0.1) is 0 Å². The van der Waals surface area contributed by atoms with E-state index in [-0.39, 0.29) is 5.41 Å². The van der Waals surface area contributed by atoms with E-state index in [9.17, 15) is 0 Å². The SMILES string of the molecule is C=C(C)c1cccc(C(C)(C)C)c1-c1cnc2c3cc(OC)ccc3c3ccccc3n12. The molecule has 5 aromatic rings. The lowest BCUT2D eigenvalue weighted by Gasteiger charge is -2.25. The third-order valence-corrected chi connectivity index (χ3v) is 6.25. The van der Waals surface area contributed by atoms with Crippen LogP contribution in [0.15, 0.2) is 73.4 Å². The summed E-state index contributed by atoms with van der Waals surface area (Å²) in [5.74, 6) is 0.831. The molecule has 3 heteroatoms. The molecule has 0 N–H and O–H groups in total. The molecule has 0 saturated heterocycles. The fraction of sp³-hybridized carbons (Fsp3) is 0.207. The summed E-state index contributed by atoms with van der Waals surface area (Å²) in [4.78, 5) is 4.95. The van der Waals surface area contributed by atoms with Crippen molar-refractivity contribution in [3.05, 3.63) is 84.6 Å². The fourth-order valence-corrected chi connectivity index (χ4v) is 4.74. The normalized spacial score (nSPS) is 12.0. The molecule has 0 aliphatic heterocycles. The summed E-state index contributed by atoms with van der Waals surface area (Å²) in [6.45, 7) is 13.1. The fourth-order valence-electron chi connectivity index (χ4n) is 4.74. The molecule has 160 valence electrons. The van der Waals surface area contributed by atoms with Gasteiger partial charge in [0.1, 0.15) is 11.4 Å². The number of nitrogens with zero attached hydrogens (tertiary/aromatic N) is 2. The van der Waals surface area contributed by atoms with Gasteiger partial charge in [0.25, 0.3) is 0 Å². The van der Waals surface area contributed by atoms with E-state index in [0.717, 1.165) is 39.1 Å². The Hall–Kier alpha value is -3.59. The highest BCUT2D eigenvalue weighted by atomic mass is 16.5. The number of methoxy groups -OCH3 is 1. The highest BCUT2D eigenvalue weighted by molar-refractivity contribution is 6.12. The Balaban J connectivity index is 2.01. The van der Waals surface area contributed by atoms with Crippen LogP contribution in [0.1, 0.15) is 38.8 Å². The van der Waals surface area contributed by atoms with Gasteiger partial charge in [-0.15, -0.1) is 0 Å².